The van der Waals surface area contributed by atoms with E-state index in [1.807, 2.05) is 44.2 Å². The summed E-state index contributed by atoms with van der Waals surface area (Å²) in [5.74, 6) is -1.25. The van der Waals surface area contributed by atoms with Crippen molar-refractivity contribution in [1.82, 2.24) is 10.2 Å². The molecule has 0 aromatic heterocycles. The monoisotopic (exact) mass is 510 g/mol. The number of carbonyl (C=O) groups is 4. The molecule has 0 bridgehead atoms. The average molecular weight is 511 g/mol. The minimum absolute atomic E-state index is 0.0112. The first-order valence-corrected chi connectivity index (χ1v) is 13.4. The summed E-state index contributed by atoms with van der Waals surface area (Å²) in [6.45, 7) is 11.9. The van der Waals surface area contributed by atoms with Crippen molar-refractivity contribution in [2.24, 2.45) is 5.92 Å². The minimum atomic E-state index is -1.13. The molecule has 2 N–H and O–H groups in total. The number of amides is 2. The predicted molar refractivity (Wildman–Crippen MR) is 140 cm³/mol. The van der Waals surface area contributed by atoms with Crippen LogP contribution in [0.1, 0.15) is 53.5 Å². The van der Waals surface area contributed by atoms with Gasteiger partial charge >= 0.3 is 5.97 Å². The summed E-state index contributed by atoms with van der Waals surface area (Å²) in [5, 5.41) is 12.2. The zero-order valence-corrected chi connectivity index (χ0v) is 22.6. The molecule has 0 unspecified atom stereocenters. The molecule has 34 heavy (non-hydrogen) atoms. The fourth-order valence-corrected chi connectivity index (χ4v) is 4.68. The summed E-state index contributed by atoms with van der Waals surface area (Å²) in [7, 11) is 0. The highest BCUT2D eigenvalue weighted by atomic mass is 32.2. The molecule has 9 heteroatoms. The number of nitrogens with zero attached hydrogens (tertiary/aromatic N) is 1. The van der Waals surface area contributed by atoms with Crippen LogP contribution in [-0.4, -0.2) is 67.8 Å². The summed E-state index contributed by atoms with van der Waals surface area (Å²) in [6.07, 6.45) is 0.532. The summed E-state index contributed by atoms with van der Waals surface area (Å²) in [4.78, 5) is 51.3. The normalized spacial score (nSPS) is 13.3. The van der Waals surface area contributed by atoms with Crippen LogP contribution in [0.3, 0.4) is 0 Å². The summed E-state index contributed by atoms with van der Waals surface area (Å²) >= 11 is 2.59. The zero-order chi connectivity index (χ0) is 25.9. The van der Waals surface area contributed by atoms with Crippen molar-refractivity contribution in [3.8, 4) is 0 Å². The second-order valence-corrected chi connectivity index (χ2v) is 12.6. The van der Waals surface area contributed by atoms with Crippen molar-refractivity contribution in [2.75, 3.05) is 18.1 Å². The number of hydrogen-bond acceptors (Lipinski definition) is 6. The Balaban J connectivity index is 3.13. The molecule has 0 aliphatic carbocycles. The van der Waals surface area contributed by atoms with Crippen molar-refractivity contribution >= 4 is 46.4 Å². The van der Waals surface area contributed by atoms with E-state index in [-0.39, 0.29) is 33.9 Å². The third-order valence-corrected chi connectivity index (χ3v) is 6.91. The SMILES string of the molecule is CC(=O)SCC(=O)N(CCSC(C)(C)C)[C@@H](CC(C)C)C(=O)N[C@@H](Cc1ccccc1)C(=O)O. The van der Waals surface area contributed by atoms with Gasteiger partial charge in [-0.15, -0.1) is 0 Å². The number of thioether (sulfide) groups is 2. The second-order valence-electron chi connectivity index (χ2n) is 9.56. The Morgan fingerprint density at radius 1 is 1.09 bits per heavy atom. The lowest BCUT2D eigenvalue weighted by atomic mass is 10.00. The highest BCUT2D eigenvalue weighted by molar-refractivity contribution is 8.14. The Morgan fingerprint density at radius 3 is 2.21 bits per heavy atom. The van der Waals surface area contributed by atoms with Crippen molar-refractivity contribution in [2.45, 2.75) is 71.2 Å². The van der Waals surface area contributed by atoms with Gasteiger partial charge in [-0.05, 0) is 17.9 Å². The molecule has 0 saturated carbocycles. The number of rotatable bonds is 13. The van der Waals surface area contributed by atoms with Crippen LogP contribution in [-0.2, 0) is 25.6 Å². The highest BCUT2D eigenvalue weighted by Gasteiger charge is 2.33. The molecule has 1 aromatic rings. The predicted octanol–water partition coefficient (Wildman–Crippen LogP) is 3.85. The highest BCUT2D eigenvalue weighted by Crippen LogP contribution is 2.24. The van der Waals surface area contributed by atoms with Gasteiger partial charge < -0.3 is 15.3 Å². The molecule has 0 radical (unpaired) electrons. The molecule has 2 amide bonds. The molecule has 1 rings (SSSR count). The number of hydrogen-bond donors (Lipinski definition) is 2. The van der Waals surface area contributed by atoms with Crippen LogP contribution in [0.2, 0.25) is 0 Å². The molecule has 0 fully saturated rings. The van der Waals surface area contributed by atoms with Gasteiger partial charge in [0.1, 0.15) is 12.1 Å². The number of carbonyl (C=O) groups excluding carboxylic acids is 3. The van der Waals surface area contributed by atoms with E-state index in [9.17, 15) is 24.3 Å². The van der Waals surface area contributed by atoms with Crippen molar-refractivity contribution < 1.29 is 24.3 Å². The first-order valence-electron chi connectivity index (χ1n) is 11.4. The molecular formula is C25H38N2O5S2. The molecule has 1 aromatic carbocycles. The van der Waals surface area contributed by atoms with Crippen LogP contribution in [0.25, 0.3) is 0 Å². The second kappa shape index (κ2) is 14.4. The number of nitrogens with one attached hydrogen (secondary N) is 1. The number of aliphatic carboxylic acids is 1. The van der Waals surface area contributed by atoms with Gasteiger partial charge in [-0.1, -0.05) is 76.7 Å². The number of carboxylic acid groups (broad SMARTS) is 1. The number of carboxylic acids is 1. The van der Waals surface area contributed by atoms with Gasteiger partial charge in [0.15, 0.2) is 5.12 Å². The van der Waals surface area contributed by atoms with Crippen LogP contribution in [0.5, 0.6) is 0 Å². The van der Waals surface area contributed by atoms with Crippen LogP contribution in [0.4, 0.5) is 0 Å². The molecule has 0 spiro atoms. The molecule has 2 atom stereocenters. The zero-order valence-electron chi connectivity index (χ0n) is 21.0. The molecule has 7 nitrogen and oxygen atoms in total. The molecule has 0 aliphatic heterocycles. The van der Waals surface area contributed by atoms with E-state index in [1.165, 1.54) is 11.8 Å². The minimum Gasteiger partial charge on any atom is -0.480 e. The van der Waals surface area contributed by atoms with Gasteiger partial charge in [0.05, 0.1) is 5.75 Å². The Bertz CT molecular complexity index is 824. The molecular weight excluding hydrogens is 472 g/mol. The van der Waals surface area contributed by atoms with E-state index in [0.29, 0.717) is 18.7 Å². The van der Waals surface area contributed by atoms with E-state index in [2.05, 4.69) is 26.1 Å². The smallest absolute Gasteiger partial charge is 0.326 e. The van der Waals surface area contributed by atoms with Crippen molar-refractivity contribution in [1.29, 1.82) is 0 Å². The Morgan fingerprint density at radius 2 is 1.71 bits per heavy atom. The lowest BCUT2D eigenvalue weighted by molar-refractivity contribution is -0.144. The fourth-order valence-electron chi connectivity index (χ4n) is 3.29. The van der Waals surface area contributed by atoms with Crippen LogP contribution in [0.15, 0.2) is 30.3 Å². The van der Waals surface area contributed by atoms with Gasteiger partial charge in [0, 0.05) is 30.4 Å². The van der Waals surface area contributed by atoms with E-state index >= 15 is 0 Å². The van der Waals surface area contributed by atoms with Gasteiger partial charge in [0.25, 0.3) is 0 Å². The van der Waals surface area contributed by atoms with E-state index in [0.717, 1.165) is 17.3 Å². The summed E-state index contributed by atoms with van der Waals surface area (Å²) in [6, 6.07) is 7.16. The molecule has 0 saturated heterocycles. The van der Waals surface area contributed by atoms with Crippen molar-refractivity contribution in [3.63, 3.8) is 0 Å². The maximum absolute atomic E-state index is 13.4. The molecule has 0 heterocycles. The van der Waals surface area contributed by atoms with Gasteiger partial charge in [-0.3, -0.25) is 14.4 Å². The maximum Gasteiger partial charge on any atom is 0.326 e. The van der Waals surface area contributed by atoms with Crippen molar-refractivity contribution in [3.05, 3.63) is 35.9 Å². The average Bonchev–Trinajstić information content (AvgIpc) is 2.73. The lowest BCUT2D eigenvalue weighted by Gasteiger charge is -2.33. The third kappa shape index (κ3) is 11.9. The standard InChI is InChI=1S/C25H38N2O5S2/c1-17(2)14-21(23(30)26-20(24(31)32)15-19-10-8-7-9-11-19)27(12-13-34-25(4,5)6)22(29)16-33-18(3)28/h7-11,17,20-21H,12-16H2,1-6H3,(H,26,30)(H,31,32)/t20-,21-/m0/s1. The van der Waals surface area contributed by atoms with Crippen LogP contribution in [0, 0.1) is 5.92 Å². The Labute approximate surface area is 211 Å². The van der Waals surface area contributed by atoms with E-state index in [4.69, 9.17) is 0 Å². The van der Waals surface area contributed by atoms with Gasteiger partial charge in [-0.2, -0.15) is 11.8 Å². The Kier molecular flexibility index (Phi) is 12.7. The summed E-state index contributed by atoms with van der Waals surface area (Å²) in [5.41, 5.74) is 0.794. The van der Waals surface area contributed by atoms with Gasteiger partial charge in [0.2, 0.25) is 11.8 Å². The number of benzene rings is 1. The molecule has 0 aliphatic rings. The van der Waals surface area contributed by atoms with Crippen LogP contribution < -0.4 is 5.32 Å². The van der Waals surface area contributed by atoms with Gasteiger partial charge in [-0.25, -0.2) is 4.79 Å². The van der Waals surface area contributed by atoms with E-state index < -0.39 is 24.0 Å². The first kappa shape index (κ1) is 30.0. The maximum atomic E-state index is 13.4. The first-order chi connectivity index (χ1) is 15.8. The molecule has 190 valence electrons. The topological polar surface area (TPSA) is 104 Å². The van der Waals surface area contributed by atoms with E-state index in [1.54, 1.807) is 11.8 Å². The quantitative estimate of drug-likeness (QED) is 0.415. The summed E-state index contributed by atoms with van der Waals surface area (Å²) < 4.78 is -0.0112. The Hall–Kier alpha value is -2.00. The fraction of sp³-hybridized carbons (Fsp3) is 0.600. The lowest BCUT2D eigenvalue weighted by Crippen LogP contribution is -2.55. The largest absolute Gasteiger partial charge is 0.480 e. The third-order valence-electron chi connectivity index (χ3n) is 4.86. The van der Waals surface area contributed by atoms with Crippen LogP contribution >= 0.6 is 23.5 Å².